The quantitative estimate of drug-likeness (QED) is 0.910. The number of hydrogen-bond donors (Lipinski definition) is 1. The Morgan fingerprint density at radius 2 is 2.39 bits per heavy atom. The van der Waals surface area contributed by atoms with Crippen molar-refractivity contribution in [2.24, 2.45) is 5.73 Å². The van der Waals surface area contributed by atoms with Crippen molar-refractivity contribution in [2.75, 3.05) is 19.3 Å². The summed E-state index contributed by atoms with van der Waals surface area (Å²) in [6.07, 6.45) is 2.75. The Kier molecular flexibility index (Phi) is 4.24. The normalized spacial score (nSPS) is 19.3. The van der Waals surface area contributed by atoms with Crippen LogP contribution in [0.25, 0.3) is 0 Å². The molecule has 0 bridgehead atoms. The lowest BCUT2D eigenvalue weighted by Gasteiger charge is -2.16. The van der Waals surface area contributed by atoms with E-state index in [1.807, 2.05) is 6.26 Å². The minimum Gasteiger partial charge on any atom is -0.337 e. The summed E-state index contributed by atoms with van der Waals surface area (Å²) in [4.78, 5) is 13.9. The zero-order chi connectivity index (χ0) is 13.1. The van der Waals surface area contributed by atoms with Crippen LogP contribution >= 0.6 is 11.8 Å². The van der Waals surface area contributed by atoms with Crippen LogP contribution in [0.5, 0.6) is 0 Å². The molecular weight excluding hydrogens is 251 g/mol. The van der Waals surface area contributed by atoms with Gasteiger partial charge in [-0.05, 0) is 36.4 Å². The summed E-state index contributed by atoms with van der Waals surface area (Å²) in [6, 6.07) is 4.64. The van der Waals surface area contributed by atoms with Gasteiger partial charge < -0.3 is 10.6 Å². The molecule has 1 saturated heterocycles. The molecule has 1 aromatic rings. The van der Waals surface area contributed by atoms with Crippen molar-refractivity contribution >= 4 is 17.7 Å². The van der Waals surface area contributed by atoms with Crippen LogP contribution in [-0.2, 0) is 5.75 Å². The summed E-state index contributed by atoms with van der Waals surface area (Å²) in [7, 11) is 0. The molecular formula is C13H17FN2OS. The highest BCUT2D eigenvalue weighted by molar-refractivity contribution is 7.97. The number of likely N-dealkylation sites (tertiary alicyclic amines) is 1. The Labute approximate surface area is 111 Å². The second kappa shape index (κ2) is 5.71. The van der Waals surface area contributed by atoms with Gasteiger partial charge in [-0.2, -0.15) is 11.8 Å². The van der Waals surface area contributed by atoms with Gasteiger partial charge in [-0.3, -0.25) is 4.79 Å². The van der Waals surface area contributed by atoms with Crippen molar-refractivity contribution in [2.45, 2.75) is 18.2 Å². The molecule has 0 aliphatic carbocycles. The third kappa shape index (κ3) is 2.84. The first-order valence-electron chi connectivity index (χ1n) is 5.94. The molecule has 0 saturated carbocycles. The number of amides is 1. The Balaban J connectivity index is 2.17. The third-order valence-corrected chi connectivity index (χ3v) is 3.70. The van der Waals surface area contributed by atoms with E-state index in [0.29, 0.717) is 30.0 Å². The first-order valence-corrected chi connectivity index (χ1v) is 7.33. The Morgan fingerprint density at radius 3 is 3.00 bits per heavy atom. The van der Waals surface area contributed by atoms with E-state index in [9.17, 15) is 9.18 Å². The van der Waals surface area contributed by atoms with Gasteiger partial charge >= 0.3 is 0 Å². The van der Waals surface area contributed by atoms with E-state index in [2.05, 4.69) is 0 Å². The van der Waals surface area contributed by atoms with Crippen LogP contribution in [0.4, 0.5) is 4.39 Å². The summed E-state index contributed by atoms with van der Waals surface area (Å²) in [5.41, 5.74) is 6.92. The van der Waals surface area contributed by atoms with Crippen LogP contribution in [0.1, 0.15) is 22.3 Å². The topological polar surface area (TPSA) is 46.3 Å². The van der Waals surface area contributed by atoms with Crippen LogP contribution in [0.2, 0.25) is 0 Å². The second-order valence-corrected chi connectivity index (χ2v) is 5.41. The van der Waals surface area contributed by atoms with Crippen molar-refractivity contribution in [3.8, 4) is 0 Å². The molecule has 98 valence electrons. The number of thioether (sulfide) groups is 1. The van der Waals surface area contributed by atoms with E-state index in [-0.39, 0.29) is 17.8 Å². The fourth-order valence-electron chi connectivity index (χ4n) is 2.13. The minimum atomic E-state index is -0.251. The third-order valence-electron chi connectivity index (χ3n) is 3.10. The van der Waals surface area contributed by atoms with Crippen molar-refractivity contribution in [1.29, 1.82) is 0 Å². The summed E-state index contributed by atoms with van der Waals surface area (Å²) in [5, 5.41) is 0. The van der Waals surface area contributed by atoms with E-state index in [0.717, 1.165) is 6.42 Å². The predicted octanol–water partition coefficient (Wildman–Crippen LogP) is 1.86. The van der Waals surface area contributed by atoms with Gasteiger partial charge in [0.15, 0.2) is 0 Å². The van der Waals surface area contributed by atoms with Crippen LogP contribution < -0.4 is 5.73 Å². The molecule has 2 N–H and O–H groups in total. The van der Waals surface area contributed by atoms with E-state index in [4.69, 9.17) is 5.73 Å². The largest absolute Gasteiger partial charge is 0.337 e. The molecule has 1 fully saturated rings. The fraction of sp³-hybridized carbons (Fsp3) is 0.462. The van der Waals surface area contributed by atoms with Crippen molar-refractivity contribution in [1.82, 2.24) is 4.90 Å². The first kappa shape index (κ1) is 13.4. The van der Waals surface area contributed by atoms with Gasteiger partial charge in [0.1, 0.15) is 5.82 Å². The van der Waals surface area contributed by atoms with Crippen LogP contribution in [0.3, 0.4) is 0 Å². The molecule has 3 nitrogen and oxygen atoms in total. The van der Waals surface area contributed by atoms with Crippen molar-refractivity contribution < 1.29 is 9.18 Å². The van der Waals surface area contributed by atoms with Crippen molar-refractivity contribution in [3.05, 3.63) is 35.1 Å². The molecule has 1 amide bonds. The molecule has 2 rings (SSSR count). The number of rotatable bonds is 3. The van der Waals surface area contributed by atoms with Crippen LogP contribution in [0.15, 0.2) is 18.2 Å². The first-order chi connectivity index (χ1) is 8.61. The number of nitrogens with two attached hydrogens (primary N) is 1. The maximum absolute atomic E-state index is 13.5. The minimum absolute atomic E-state index is 0.0506. The number of nitrogens with zero attached hydrogens (tertiary/aromatic N) is 1. The van der Waals surface area contributed by atoms with Gasteiger partial charge in [-0.25, -0.2) is 4.39 Å². The Morgan fingerprint density at radius 1 is 1.61 bits per heavy atom. The lowest BCUT2D eigenvalue weighted by Crippen LogP contribution is -2.31. The van der Waals surface area contributed by atoms with Gasteiger partial charge in [0.25, 0.3) is 5.91 Å². The van der Waals surface area contributed by atoms with Gasteiger partial charge in [0.05, 0.1) is 0 Å². The zero-order valence-corrected chi connectivity index (χ0v) is 11.2. The van der Waals surface area contributed by atoms with Crippen LogP contribution in [-0.4, -0.2) is 36.2 Å². The highest BCUT2D eigenvalue weighted by Gasteiger charge is 2.24. The summed E-state index contributed by atoms with van der Waals surface area (Å²) >= 11 is 1.54. The lowest BCUT2D eigenvalue weighted by atomic mass is 10.1. The molecule has 1 unspecified atom stereocenters. The number of benzene rings is 1. The van der Waals surface area contributed by atoms with Crippen LogP contribution in [0, 0.1) is 5.82 Å². The highest BCUT2D eigenvalue weighted by atomic mass is 32.2. The molecule has 0 spiro atoms. The second-order valence-electron chi connectivity index (χ2n) is 4.54. The maximum Gasteiger partial charge on any atom is 0.253 e. The molecule has 0 radical (unpaired) electrons. The highest BCUT2D eigenvalue weighted by Crippen LogP contribution is 2.18. The zero-order valence-electron chi connectivity index (χ0n) is 10.4. The van der Waals surface area contributed by atoms with Gasteiger partial charge in [-0.15, -0.1) is 0 Å². The van der Waals surface area contributed by atoms with Crippen molar-refractivity contribution in [3.63, 3.8) is 0 Å². The SMILES string of the molecule is CSCc1cc(C(=O)N2CCC(N)C2)ccc1F. The fourth-order valence-corrected chi connectivity index (χ4v) is 2.66. The van der Waals surface area contributed by atoms with Gasteiger partial charge in [0, 0.05) is 30.4 Å². The van der Waals surface area contributed by atoms with Gasteiger partial charge in [0.2, 0.25) is 0 Å². The summed E-state index contributed by atoms with van der Waals surface area (Å²) < 4.78 is 13.5. The van der Waals surface area contributed by atoms with E-state index >= 15 is 0 Å². The van der Waals surface area contributed by atoms with Gasteiger partial charge in [-0.1, -0.05) is 0 Å². The van der Waals surface area contributed by atoms with E-state index < -0.39 is 0 Å². The standard InChI is InChI=1S/C13H17FN2OS/c1-18-8-10-6-9(2-3-12(10)14)13(17)16-5-4-11(15)7-16/h2-3,6,11H,4-5,7-8,15H2,1H3. The summed E-state index contributed by atoms with van der Waals surface area (Å²) in [5.74, 6) is 0.274. The molecule has 1 aromatic carbocycles. The molecule has 1 heterocycles. The molecule has 1 aliphatic heterocycles. The molecule has 1 aliphatic rings. The average molecular weight is 268 g/mol. The summed E-state index contributed by atoms with van der Waals surface area (Å²) in [6.45, 7) is 1.28. The number of carbonyl (C=O) groups is 1. The molecule has 1 atom stereocenters. The molecule has 5 heteroatoms. The monoisotopic (exact) mass is 268 g/mol. The maximum atomic E-state index is 13.5. The lowest BCUT2D eigenvalue weighted by molar-refractivity contribution is 0.0790. The smallest absolute Gasteiger partial charge is 0.253 e. The number of halogens is 1. The average Bonchev–Trinajstić information content (AvgIpc) is 2.78. The van der Waals surface area contributed by atoms with E-state index in [1.54, 1.807) is 17.0 Å². The Hall–Kier alpha value is -1.07. The molecule has 18 heavy (non-hydrogen) atoms. The predicted molar refractivity (Wildman–Crippen MR) is 72.1 cm³/mol. The Bertz CT molecular complexity index is 453. The molecule has 0 aromatic heterocycles. The number of carbonyl (C=O) groups excluding carboxylic acids is 1. The number of hydrogen-bond acceptors (Lipinski definition) is 3. The van der Waals surface area contributed by atoms with E-state index in [1.165, 1.54) is 17.8 Å².